The van der Waals surface area contributed by atoms with Crippen LogP contribution in [0.4, 0.5) is 5.69 Å². The number of rotatable bonds is 4. The first kappa shape index (κ1) is 15.7. The maximum Gasteiger partial charge on any atom is 0.206 e. The van der Waals surface area contributed by atoms with E-state index in [0.29, 0.717) is 11.4 Å². The van der Waals surface area contributed by atoms with Gasteiger partial charge in [0.2, 0.25) is 4.80 Å². The molecule has 116 valence electrons. The summed E-state index contributed by atoms with van der Waals surface area (Å²) in [6, 6.07) is 9.45. The number of aryl methyl sites for hydroxylation is 1. The topological polar surface area (TPSA) is 76.9 Å². The third-order valence-corrected chi connectivity index (χ3v) is 5.19. The van der Waals surface area contributed by atoms with E-state index in [2.05, 4.69) is 26.6 Å². The van der Waals surface area contributed by atoms with E-state index in [-0.39, 0.29) is 0 Å². The normalized spacial score (nSPS) is 11.4. The van der Waals surface area contributed by atoms with Crippen molar-refractivity contribution in [1.29, 1.82) is 5.26 Å². The second-order valence-corrected chi connectivity index (χ2v) is 7.06. The van der Waals surface area contributed by atoms with Crippen LogP contribution in [0.5, 0.6) is 0 Å². The first-order valence-electron chi connectivity index (χ1n) is 6.72. The molecule has 0 aliphatic carbocycles. The zero-order chi connectivity index (χ0) is 16.2. The molecule has 0 atom stereocenters. The molecule has 8 heteroatoms. The summed E-state index contributed by atoms with van der Waals surface area (Å²) in [6.07, 6.45) is 0.341. The van der Waals surface area contributed by atoms with Gasteiger partial charge in [-0.2, -0.15) is 5.26 Å². The second-order valence-electron chi connectivity index (χ2n) is 4.68. The van der Waals surface area contributed by atoms with Gasteiger partial charge in [-0.15, -0.1) is 16.4 Å². The van der Waals surface area contributed by atoms with Crippen LogP contribution in [0.3, 0.4) is 0 Å². The molecular formula is C15H12ClN5S2. The van der Waals surface area contributed by atoms with Crippen molar-refractivity contribution in [3.63, 3.8) is 0 Å². The summed E-state index contributed by atoms with van der Waals surface area (Å²) >= 11 is 8.87. The van der Waals surface area contributed by atoms with Gasteiger partial charge in [-0.05, 0) is 31.2 Å². The standard InChI is InChI=1S/C15H12ClN5S2/c1-9-14(12-8-22-13(19-12)6-7-17)23-15(18-9)21-20-11-4-2-10(16)3-5-11/h2-5,8,20H,6H2,1H3,(H,18,21). The summed E-state index contributed by atoms with van der Waals surface area (Å²) in [5, 5.41) is 16.6. The molecule has 2 aromatic heterocycles. The van der Waals surface area contributed by atoms with E-state index in [1.165, 1.54) is 22.7 Å². The van der Waals surface area contributed by atoms with Crippen molar-refractivity contribution < 1.29 is 0 Å². The van der Waals surface area contributed by atoms with Crippen LogP contribution in [0, 0.1) is 18.3 Å². The molecule has 1 aromatic carbocycles. The van der Waals surface area contributed by atoms with Crippen LogP contribution < -0.4 is 10.2 Å². The molecule has 3 rings (SSSR count). The highest BCUT2D eigenvalue weighted by atomic mass is 35.5. The molecule has 3 aromatic rings. The van der Waals surface area contributed by atoms with E-state index in [0.717, 1.165) is 31.8 Å². The van der Waals surface area contributed by atoms with Gasteiger partial charge in [-0.3, -0.25) is 5.43 Å². The van der Waals surface area contributed by atoms with Gasteiger partial charge < -0.3 is 4.98 Å². The molecule has 0 aliphatic rings. The van der Waals surface area contributed by atoms with E-state index in [1.54, 1.807) is 12.1 Å². The molecule has 5 nitrogen and oxygen atoms in total. The Bertz CT molecular complexity index is 914. The lowest BCUT2D eigenvalue weighted by atomic mass is 10.3. The van der Waals surface area contributed by atoms with Gasteiger partial charge in [0.15, 0.2) is 0 Å². The summed E-state index contributed by atoms with van der Waals surface area (Å²) in [7, 11) is 0. The van der Waals surface area contributed by atoms with E-state index in [9.17, 15) is 0 Å². The highest BCUT2D eigenvalue weighted by Crippen LogP contribution is 2.26. The Kier molecular flexibility index (Phi) is 4.76. The van der Waals surface area contributed by atoms with Gasteiger partial charge in [0, 0.05) is 16.1 Å². The van der Waals surface area contributed by atoms with Crippen molar-refractivity contribution in [1.82, 2.24) is 9.97 Å². The van der Waals surface area contributed by atoms with Gasteiger partial charge in [0.05, 0.1) is 28.7 Å². The first-order chi connectivity index (χ1) is 11.2. The lowest BCUT2D eigenvalue weighted by Crippen LogP contribution is -2.02. The molecule has 0 fully saturated rings. The molecule has 0 amide bonds. The molecule has 0 aliphatic heterocycles. The smallest absolute Gasteiger partial charge is 0.206 e. The largest absolute Gasteiger partial charge is 0.333 e. The Hall–Kier alpha value is -2.14. The van der Waals surface area contributed by atoms with Gasteiger partial charge in [-0.25, -0.2) is 4.98 Å². The SMILES string of the molecule is Cc1[nH]/c(=N\Nc2ccc(Cl)cc2)sc1-c1csc(CC#N)n1. The molecule has 0 saturated carbocycles. The fourth-order valence-electron chi connectivity index (χ4n) is 1.91. The van der Waals surface area contributed by atoms with Crippen molar-refractivity contribution >= 4 is 40.0 Å². The van der Waals surface area contributed by atoms with Gasteiger partial charge in [0.1, 0.15) is 5.01 Å². The van der Waals surface area contributed by atoms with Gasteiger partial charge in [-0.1, -0.05) is 22.9 Å². The Morgan fingerprint density at radius 2 is 2.17 bits per heavy atom. The molecule has 0 unspecified atom stereocenters. The number of nitrogens with zero attached hydrogens (tertiary/aromatic N) is 3. The summed E-state index contributed by atoms with van der Waals surface area (Å²) in [5.74, 6) is 0. The molecule has 2 N–H and O–H groups in total. The van der Waals surface area contributed by atoms with Crippen LogP contribution in [0.15, 0.2) is 34.7 Å². The number of aromatic nitrogens is 2. The molecule has 0 bridgehead atoms. The monoisotopic (exact) mass is 361 g/mol. The third kappa shape index (κ3) is 3.79. The predicted molar refractivity (Wildman–Crippen MR) is 94.5 cm³/mol. The number of nitrogens with one attached hydrogen (secondary N) is 2. The number of hydrogen-bond acceptors (Lipinski definition) is 6. The number of anilines is 1. The maximum absolute atomic E-state index is 8.74. The Balaban J connectivity index is 1.83. The fraction of sp³-hybridized carbons (Fsp3) is 0.133. The average molecular weight is 362 g/mol. The van der Waals surface area contributed by atoms with Crippen molar-refractivity contribution in [2.75, 3.05) is 5.43 Å². The lowest BCUT2D eigenvalue weighted by Gasteiger charge is -1.97. The van der Waals surface area contributed by atoms with Crippen LogP contribution in [-0.2, 0) is 6.42 Å². The zero-order valence-corrected chi connectivity index (χ0v) is 14.5. The fourth-order valence-corrected chi connectivity index (χ4v) is 3.73. The molecule has 0 saturated heterocycles. The van der Waals surface area contributed by atoms with Crippen LogP contribution in [0.2, 0.25) is 5.02 Å². The molecular weight excluding hydrogens is 350 g/mol. The van der Waals surface area contributed by atoms with E-state index in [1.807, 2.05) is 24.4 Å². The van der Waals surface area contributed by atoms with E-state index in [4.69, 9.17) is 16.9 Å². The minimum absolute atomic E-state index is 0.341. The van der Waals surface area contributed by atoms with Crippen LogP contribution in [-0.4, -0.2) is 9.97 Å². The highest BCUT2D eigenvalue weighted by Gasteiger charge is 2.10. The zero-order valence-electron chi connectivity index (χ0n) is 12.1. The number of hydrogen-bond donors (Lipinski definition) is 2. The van der Waals surface area contributed by atoms with E-state index < -0.39 is 0 Å². The number of thiazole rings is 2. The van der Waals surface area contributed by atoms with Gasteiger partial charge in [0.25, 0.3) is 0 Å². The minimum Gasteiger partial charge on any atom is -0.333 e. The average Bonchev–Trinajstić information content (AvgIpc) is 3.14. The molecule has 0 radical (unpaired) electrons. The maximum atomic E-state index is 8.74. The van der Waals surface area contributed by atoms with Crippen molar-refractivity contribution in [2.45, 2.75) is 13.3 Å². The number of halogens is 1. The first-order valence-corrected chi connectivity index (χ1v) is 8.80. The molecule has 2 heterocycles. The quantitative estimate of drug-likeness (QED) is 0.685. The molecule has 23 heavy (non-hydrogen) atoms. The number of nitriles is 1. The number of aromatic amines is 1. The van der Waals surface area contributed by atoms with Crippen LogP contribution >= 0.6 is 34.3 Å². The highest BCUT2D eigenvalue weighted by molar-refractivity contribution is 7.14. The Labute approximate surface area is 145 Å². The Morgan fingerprint density at radius 1 is 1.39 bits per heavy atom. The minimum atomic E-state index is 0.341. The van der Waals surface area contributed by atoms with Crippen molar-refractivity contribution in [3.05, 3.63) is 50.2 Å². The summed E-state index contributed by atoms with van der Waals surface area (Å²) in [4.78, 5) is 9.49. The number of H-pyrrole nitrogens is 1. The van der Waals surface area contributed by atoms with E-state index >= 15 is 0 Å². The van der Waals surface area contributed by atoms with Crippen LogP contribution in [0.1, 0.15) is 10.7 Å². The summed E-state index contributed by atoms with van der Waals surface area (Å²) in [5.41, 5.74) is 5.73. The second kappa shape index (κ2) is 6.96. The van der Waals surface area contributed by atoms with Gasteiger partial charge >= 0.3 is 0 Å². The summed E-state index contributed by atoms with van der Waals surface area (Å²) < 4.78 is 0. The predicted octanol–water partition coefficient (Wildman–Crippen LogP) is 4.16. The molecule has 0 spiro atoms. The number of benzene rings is 1. The Morgan fingerprint density at radius 3 is 2.91 bits per heavy atom. The van der Waals surface area contributed by atoms with Crippen LogP contribution in [0.25, 0.3) is 10.6 Å². The summed E-state index contributed by atoms with van der Waals surface area (Å²) in [6.45, 7) is 1.98. The van der Waals surface area contributed by atoms with Crippen molar-refractivity contribution in [3.8, 4) is 16.6 Å². The third-order valence-electron chi connectivity index (χ3n) is 2.98. The van der Waals surface area contributed by atoms with Crippen molar-refractivity contribution in [2.24, 2.45) is 5.10 Å². The lowest BCUT2D eigenvalue weighted by molar-refractivity contribution is 1.12.